The average Bonchev–Trinajstić information content (AvgIpc) is 3.61. The number of piperidine rings is 1. The Morgan fingerprint density at radius 2 is 1.81 bits per heavy atom. The molecular formula is C33H34ClN5O2S. The molecule has 2 aliphatic heterocycles. The first-order valence-corrected chi connectivity index (χ1v) is 15.0. The third-order valence-corrected chi connectivity index (χ3v) is 8.76. The number of ether oxygens (including phenoxy) is 1. The fourth-order valence-electron chi connectivity index (χ4n) is 6.47. The van der Waals surface area contributed by atoms with Gasteiger partial charge in [-0.25, -0.2) is 4.79 Å². The summed E-state index contributed by atoms with van der Waals surface area (Å²) >= 11 is 13.0. The number of nitrogens with zero attached hydrogens (tertiary/aromatic N) is 4. The molecule has 9 heteroatoms. The molecule has 0 spiro atoms. The van der Waals surface area contributed by atoms with Crippen LogP contribution in [-0.2, 0) is 4.74 Å². The van der Waals surface area contributed by atoms with Crippen molar-refractivity contribution < 1.29 is 9.53 Å². The summed E-state index contributed by atoms with van der Waals surface area (Å²) in [5, 5.41) is 4.84. The molecule has 4 heterocycles. The second kappa shape index (κ2) is 11.8. The normalized spacial score (nSPS) is 22.2. The summed E-state index contributed by atoms with van der Waals surface area (Å²) < 4.78 is 7.06. The zero-order chi connectivity index (χ0) is 29.4. The van der Waals surface area contributed by atoms with Crippen LogP contribution in [0.4, 0.5) is 11.4 Å². The van der Waals surface area contributed by atoms with Gasteiger partial charge in [-0.3, -0.25) is 4.98 Å². The van der Waals surface area contributed by atoms with Gasteiger partial charge in [-0.2, -0.15) is 0 Å². The molecule has 0 bridgehead atoms. The van der Waals surface area contributed by atoms with Gasteiger partial charge in [-0.15, -0.1) is 0 Å². The van der Waals surface area contributed by atoms with Gasteiger partial charge in [0.05, 0.1) is 35.1 Å². The van der Waals surface area contributed by atoms with E-state index < -0.39 is 0 Å². The summed E-state index contributed by atoms with van der Waals surface area (Å²) in [4.78, 5) is 21.5. The molecule has 6 rings (SSSR count). The van der Waals surface area contributed by atoms with Crippen molar-refractivity contribution in [3.63, 3.8) is 0 Å². The third kappa shape index (κ3) is 5.37. The Bertz CT molecular complexity index is 1600. The second-order valence-electron chi connectivity index (χ2n) is 11.3. The first-order chi connectivity index (χ1) is 20.3. The van der Waals surface area contributed by atoms with Gasteiger partial charge in [0.25, 0.3) is 0 Å². The number of halogens is 1. The van der Waals surface area contributed by atoms with Gasteiger partial charge >= 0.3 is 5.97 Å². The molecule has 0 saturated carbocycles. The number of carbonyl (C=O) groups excluding carboxylic acids is 1. The maximum Gasteiger partial charge on any atom is 0.337 e. The SMILES string of the molecule is COC(=O)c1cccc(-n2cccc2[C@@H]2[C@H](c3ccccn3)NC(=S)N2c2ccc(N3C[C@@H](C)C[C@H](C)C3)c(Cl)c2)c1. The molecule has 0 amide bonds. The molecule has 216 valence electrons. The Balaban J connectivity index is 1.43. The highest BCUT2D eigenvalue weighted by Gasteiger charge is 2.42. The minimum Gasteiger partial charge on any atom is -0.465 e. The molecule has 0 radical (unpaired) electrons. The number of hydrogen-bond donors (Lipinski definition) is 1. The van der Waals surface area contributed by atoms with Gasteiger partial charge in [0.15, 0.2) is 5.11 Å². The van der Waals surface area contributed by atoms with Crippen LogP contribution < -0.4 is 15.1 Å². The molecule has 2 aromatic heterocycles. The monoisotopic (exact) mass is 599 g/mol. The first kappa shape index (κ1) is 28.2. The second-order valence-corrected chi connectivity index (χ2v) is 12.1. The number of anilines is 2. The standard InChI is InChI=1S/C33H34ClN5O2S/c1-21-16-22(2)20-37(19-21)28-13-12-25(18-26(28)34)39-31(30(36-33(39)42)27-10-4-5-14-35-27)29-11-7-15-38(29)24-9-6-8-23(17-24)32(40)41-3/h4-15,17-18,21-22,30-31H,16,19-20H2,1-3H3,(H,36,42)/t21-,22-,30-,31+/m0/s1. The smallest absolute Gasteiger partial charge is 0.337 e. The minimum atomic E-state index is -0.380. The third-order valence-electron chi connectivity index (χ3n) is 8.15. The molecule has 0 aliphatic carbocycles. The van der Waals surface area contributed by atoms with E-state index in [9.17, 15) is 4.79 Å². The number of benzene rings is 2. The molecule has 1 N–H and O–H groups in total. The molecule has 42 heavy (non-hydrogen) atoms. The van der Waals surface area contributed by atoms with E-state index in [2.05, 4.69) is 56.7 Å². The summed E-state index contributed by atoms with van der Waals surface area (Å²) in [6, 6.07) is 23.2. The lowest BCUT2D eigenvalue weighted by molar-refractivity contribution is 0.0600. The van der Waals surface area contributed by atoms with Crippen LogP contribution in [-0.4, -0.2) is 40.8 Å². The van der Waals surface area contributed by atoms with Gasteiger partial charge in [-0.05, 0) is 91.1 Å². The topological polar surface area (TPSA) is 62.6 Å². The number of rotatable bonds is 6. The van der Waals surface area contributed by atoms with Crippen molar-refractivity contribution >= 4 is 46.3 Å². The zero-order valence-corrected chi connectivity index (χ0v) is 25.5. The lowest BCUT2D eigenvalue weighted by atomic mass is 9.91. The number of thiocarbonyl (C=S) groups is 1. The van der Waals surface area contributed by atoms with Crippen LogP contribution in [0.5, 0.6) is 0 Å². The summed E-state index contributed by atoms with van der Waals surface area (Å²) in [7, 11) is 1.39. The lowest BCUT2D eigenvalue weighted by Crippen LogP contribution is -2.38. The van der Waals surface area contributed by atoms with Gasteiger partial charge < -0.3 is 24.4 Å². The molecule has 2 fully saturated rings. The van der Waals surface area contributed by atoms with Crippen LogP contribution in [0.25, 0.3) is 5.69 Å². The Morgan fingerprint density at radius 1 is 1.00 bits per heavy atom. The number of carbonyl (C=O) groups is 1. The molecular weight excluding hydrogens is 566 g/mol. The number of nitrogens with one attached hydrogen (secondary N) is 1. The van der Waals surface area contributed by atoms with E-state index in [4.69, 9.17) is 28.6 Å². The van der Waals surface area contributed by atoms with Crippen molar-refractivity contribution in [1.82, 2.24) is 14.9 Å². The van der Waals surface area contributed by atoms with E-state index in [1.165, 1.54) is 13.5 Å². The molecule has 7 nitrogen and oxygen atoms in total. The number of esters is 1. The summed E-state index contributed by atoms with van der Waals surface area (Å²) in [5.74, 6) is 0.858. The average molecular weight is 600 g/mol. The van der Waals surface area contributed by atoms with E-state index >= 15 is 0 Å². The van der Waals surface area contributed by atoms with E-state index in [-0.39, 0.29) is 18.1 Å². The van der Waals surface area contributed by atoms with Crippen LogP contribution in [0.1, 0.15) is 54.1 Å². The van der Waals surface area contributed by atoms with E-state index in [1.54, 1.807) is 12.3 Å². The van der Waals surface area contributed by atoms with Crippen molar-refractivity contribution in [3.05, 3.63) is 107 Å². The van der Waals surface area contributed by atoms with Crippen LogP contribution in [0.15, 0.2) is 85.2 Å². The summed E-state index contributed by atoms with van der Waals surface area (Å²) in [6.07, 6.45) is 5.03. The molecule has 2 aliphatic rings. The lowest BCUT2D eigenvalue weighted by Gasteiger charge is -2.37. The number of methoxy groups -OCH3 is 1. The van der Waals surface area contributed by atoms with Gasteiger partial charge in [0, 0.05) is 42.6 Å². The Hall–Kier alpha value is -3.88. The summed E-state index contributed by atoms with van der Waals surface area (Å²) in [5.41, 5.74) is 5.15. The minimum absolute atomic E-state index is 0.224. The van der Waals surface area contributed by atoms with Gasteiger partial charge in [0.2, 0.25) is 0 Å². The summed E-state index contributed by atoms with van der Waals surface area (Å²) in [6.45, 7) is 6.60. The number of pyridine rings is 1. The van der Waals surface area contributed by atoms with E-state index in [0.29, 0.717) is 27.5 Å². The van der Waals surface area contributed by atoms with Crippen molar-refractivity contribution in [2.24, 2.45) is 11.8 Å². The maximum atomic E-state index is 12.3. The molecule has 2 saturated heterocycles. The molecule has 4 atom stereocenters. The Labute approximate surface area is 257 Å². The highest BCUT2D eigenvalue weighted by atomic mass is 35.5. The Kier molecular flexibility index (Phi) is 7.92. The van der Waals surface area contributed by atoms with Crippen LogP contribution >= 0.6 is 23.8 Å². The van der Waals surface area contributed by atoms with Crippen molar-refractivity contribution in [3.8, 4) is 5.69 Å². The van der Waals surface area contributed by atoms with Crippen molar-refractivity contribution in [1.29, 1.82) is 0 Å². The predicted molar refractivity (Wildman–Crippen MR) is 172 cm³/mol. The highest BCUT2D eigenvalue weighted by molar-refractivity contribution is 7.80. The van der Waals surface area contributed by atoms with Gasteiger partial charge in [-0.1, -0.05) is 37.6 Å². The first-order valence-electron chi connectivity index (χ1n) is 14.2. The van der Waals surface area contributed by atoms with Crippen LogP contribution in [0, 0.1) is 11.8 Å². The fraction of sp³-hybridized carbons (Fsp3) is 0.303. The van der Waals surface area contributed by atoms with E-state index in [1.807, 2.05) is 54.7 Å². The fourth-order valence-corrected chi connectivity index (χ4v) is 7.11. The Morgan fingerprint density at radius 3 is 2.52 bits per heavy atom. The van der Waals surface area contributed by atoms with Crippen molar-refractivity contribution in [2.45, 2.75) is 32.4 Å². The number of aromatic nitrogens is 2. The predicted octanol–water partition coefficient (Wildman–Crippen LogP) is 6.97. The van der Waals surface area contributed by atoms with Crippen molar-refractivity contribution in [2.75, 3.05) is 30.0 Å². The van der Waals surface area contributed by atoms with E-state index in [0.717, 1.165) is 41.5 Å². The largest absolute Gasteiger partial charge is 0.465 e. The molecule has 2 aromatic carbocycles. The highest BCUT2D eigenvalue weighted by Crippen LogP contribution is 2.44. The van der Waals surface area contributed by atoms with Crippen LogP contribution in [0.2, 0.25) is 5.02 Å². The quantitative estimate of drug-likeness (QED) is 0.190. The molecule has 4 aromatic rings. The van der Waals surface area contributed by atoms with Crippen LogP contribution in [0.3, 0.4) is 0 Å². The molecule has 0 unspecified atom stereocenters. The number of hydrogen-bond acceptors (Lipinski definition) is 5. The zero-order valence-electron chi connectivity index (χ0n) is 23.9. The van der Waals surface area contributed by atoms with Gasteiger partial charge in [0.1, 0.15) is 6.04 Å². The maximum absolute atomic E-state index is 12.3.